The third-order valence-corrected chi connectivity index (χ3v) is 3.64. The standard InChI is InChI=1S/C18H26ClNO4/c1-13(2)9-11-23-14(3)18(22)24-12-17(21)20-10-8-15-4-6-16(19)7-5-15/h4-7,13-14H,8-12H2,1-3H3,(H,20,21). The topological polar surface area (TPSA) is 64.6 Å². The van der Waals surface area contributed by atoms with Crippen molar-refractivity contribution in [2.24, 2.45) is 5.92 Å². The fraction of sp³-hybridized carbons (Fsp3) is 0.556. The summed E-state index contributed by atoms with van der Waals surface area (Å²) in [5, 5.41) is 3.39. The predicted molar refractivity (Wildman–Crippen MR) is 94.0 cm³/mol. The lowest BCUT2D eigenvalue weighted by molar-refractivity contribution is -0.159. The molecule has 0 aromatic heterocycles. The predicted octanol–water partition coefficient (Wildman–Crippen LogP) is 2.99. The van der Waals surface area contributed by atoms with E-state index in [1.807, 2.05) is 12.1 Å². The molecule has 0 radical (unpaired) electrons. The number of carbonyl (C=O) groups is 2. The van der Waals surface area contributed by atoms with Gasteiger partial charge >= 0.3 is 5.97 Å². The maximum atomic E-state index is 11.7. The van der Waals surface area contributed by atoms with Gasteiger partial charge in [-0.2, -0.15) is 0 Å². The summed E-state index contributed by atoms with van der Waals surface area (Å²) in [5.41, 5.74) is 1.07. The lowest BCUT2D eigenvalue weighted by Gasteiger charge is -2.13. The third-order valence-electron chi connectivity index (χ3n) is 3.39. The Labute approximate surface area is 148 Å². The van der Waals surface area contributed by atoms with E-state index in [2.05, 4.69) is 19.2 Å². The number of hydrogen-bond acceptors (Lipinski definition) is 4. The molecule has 0 saturated heterocycles. The fourth-order valence-electron chi connectivity index (χ4n) is 1.85. The van der Waals surface area contributed by atoms with Crippen LogP contribution in [0.1, 0.15) is 32.8 Å². The van der Waals surface area contributed by atoms with Crippen LogP contribution in [0.3, 0.4) is 0 Å². The number of halogens is 1. The minimum Gasteiger partial charge on any atom is -0.454 e. The minimum absolute atomic E-state index is 0.294. The first-order chi connectivity index (χ1) is 11.4. The number of ether oxygens (including phenoxy) is 2. The molecule has 6 heteroatoms. The Hall–Kier alpha value is -1.59. The van der Waals surface area contributed by atoms with Crippen molar-refractivity contribution in [3.05, 3.63) is 34.9 Å². The molecular weight excluding hydrogens is 330 g/mol. The van der Waals surface area contributed by atoms with E-state index in [9.17, 15) is 9.59 Å². The Morgan fingerprint density at radius 2 is 1.83 bits per heavy atom. The van der Waals surface area contributed by atoms with Crippen molar-refractivity contribution < 1.29 is 19.1 Å². The van der Waals surface area contributed by atoms with Crippen LogP contribution in [0.5, 0.6) is 0 Å². The number of rotatable bonds is 10. The first kappa shape index (κ1) is 20.5. The number of amides is 1. The van der Waals surface area contributed by atoms with E-state index in [0.29, 0.717) is 30.5 Å². The Kier molecular flexibility index (Phi) is 9.42. The van der Waals surface area contributed by atoms with Gasteiger partial charge in [-0.05, 0) is 43.4 Å². The Bertz CT molecular complexity index is 516. The molecule has 1 rings (SSSR count). The smallest absolute Gasteiger partial charge is 0.335 e. The van der Waals surface area contributed by atoms with Crippen molar-refractivity contribution in [1.29, 1.82) is 0 Å². The first-order valence-corrected chi connectivity index (χ1v) is 8.55. The second-order valence-electron chi connectivity index (χ2n) is 6.03. The molecule has 5 nitrogen and oxygen atoms in total. The minimum atomic E-state index is -0.661. The van der Waals surface area contributed by atoms with Gasteiger partial charge in [-0.15, -0.1) is 0 Å². The number of hydrogen-bond donors (Lipinski definition) is 1. The highest BCUT2D eigenvalue weighted by molar-refractivity contribution is 6.30. The SMILES string of the molecule is CC(C)CCOC(C)C(=O)OCC(=O)NCCc1ccc(Cl)cc1. The van der Waals surface area contributed by atoms with Gasteiger partial charge in [0.15, 0.2) is 12.7 Å². The summed E-state index contributed by atoms with van der Waals surface area (Å²) in [5.74, 6) is -0.335. The average molecular weight is 356 g/mol. The summed E-state index contributed by atoms with van der Waals surface area (Å²) in [4.78, 5) is 23.4. The van der Waals surface area contributed by atoms with Crippen molar-refractivity contribution in [3.8, 4) is 0 Å². The van der Waals surface area contributed by atoms with E-state index in [1.54, 1.807) is 19.1 Å². The second kappa shape index (κ2) is 11.0. The van der Waals surface area contributed by atoms with Crippen molar-refractivity contribution in [1.82, 2.24) is 5.32 Å². The summed E-state index contributed by atoms with van der Waals surface area (Å²) in [7, 11) is 0. The van der Waals surface area contributed by atoms with Crippen LogP contribution in [0.2, 0.25) is 5.02 Å². The van der Waals surface area contributed by atoms with Crippen LogP contribution >= 0.6 is 11.6 Å². The van der Waals surface area contributed by atoms with E-state index in [-0.39, 0.29) is 12.5 Å². The lowest BCUT2D eigenvalue weighted by Crippen LogP contribution is -2.33. The zero-order valence-corrected chi connectivity index (χ0v) is 15.3. The van der Waals surface area contributed by atoms with E-state index < -0.39 is 12.1 Å². The van der Waals surface area contributed by atoms with Gasteiger partial charge in [-0.25, -0.2) is 4.79 Å². The molecule has 0 bridgehead atoms. The number of esters is 1. The monoisotopic (exact) mass is 355 g/mol. The average Bonchev–Trinajstić information content (AvgIpc) is 2.54. The quantitative estimate of drug-likeness (QED) is 0.655. The highest BCUT2D eigenvalue weighted by atomic mass is 35.5. The molecule has 0 spiro atoms. The van der Waals surface area contributed by atoms with Crippen molar-refractivity contribution in [3.63, 3.8) is 0 Å². The molecule has 0 aliphatic carbocycles. The molecule has 1 aromatic rings. The summed E-state index contributed by atoms with van der Waals surface area (Å²) in [6.07, 6.45) is 0.902. The molecule has 1 amide bonds. The van der Waals surface area contributed by atoms with Crippen LogP contribution in [0.4, 0.5) is 0 Å². The van der Waals surface area contributed by atoms with E-state index >= 15 is 0 Å². The molecule has 0 aliphatic heterocycles. The molecule has 1 atom stereocenters. The highest BCUT2D eigenvalue weighted by Crippen LogP contribution is 2.09. The summed E-state index contributed by atoms with van der Waals surface area (Å²) in [6, 6.07) is 7.43. The van der Waals surface area contributed by atoms with Gasteiger partial charge in [0.1, 0.15) is 0 Å². The molecule has 0 aliphatic rings. The van der Waals surface area contributed by atoms with Gasteiger partial charge in [0, 0.05) is 18.2 Å². The highest BCUT2D eigenvalue weighted by Gasteiger charge is 2.16. The summed E-state index contributed by atoms with van der Waals surface area (Å²) >= 11 is 5.81. The van der Waals surface area contributed by atoms with E-state index in [0.717, 1.165) is 12.0 Å². The van der Waals surface area contributed by atoms with E-state index in [1.165, 1.54) is 0 Å². The van der Waals surface area contributed by atoms with Crippen LogP contribution in [-0.4, -0.2) is 37.7 Å². The van der Waals surface area contributed by atoms with Gasteiger partial charge in [0.25, 0.3) is 5.91 Å². The van der Waals surface area contributed by atoms with Crippen molar-refractivity contribution in [2.45, 2.75) is 39.7 Å². The van der Waals surface area contributed by atoms with E-state index in [4.69, 9.17) is 21.1 Å². The maximum absolute atomic E-state index is 11.7. The normalized spacial score (nSPS) is 12.0. The molecule has 134 valence electrons. The zero-order valence-electron chi connectivity index (χ0n) is 14.5. The van der Waals surface area contributed by atoms with Gasteiger partial charge in [-0.3, -0.25) is 4.79 Å². The van der Waals surface area contributed by atoms with Crippen molar-refractivity contribution >= 4 is 23.5 Å². The molecule has 1 aromatic carbocycles. The van der Waals surface area contributed by atoms with Crippen molar-refractivity contribution in [2.75, 3.05) is 19.8 Å². The molecule has 0 fully saturated rings. The molecule has 1 N–H and O–H groups in total. The van der Waals surface area contributed by atoms with Crippen LogP contribution in [0, 0.1) is 5.92 Å². The number of benzene rings is 1. The molecule has 0 saturated carbocycles. The Morgan fingerprint density at radius 1 is 1.17 bits per heavy atom. The lowest BCUT2D eigenvalue weighted by atomic mass is 10.1. The maximum Gasteiger partial charge on any atom is 0.335 e. The molecule has 1 unspecified atom stereocenters. The molecular formula is C18H26ClNO4. The Balaban J connectivity index is 2.16. The van der Waals surface area contributed by atoms with Crippen LogP contribution < -0.4 is 5.32 Å². The third kappa shape index (κ3) is 8.89. The fourth-order valence-corrected chi connectivity index (χ4v) is 1.98. The van der Waals surface area contributed by atoms with Crippen LogP contribution in [0.25, 0.3) is 0 Å². The van der Waals surface area contributed by atoms with Crippen LogP contribution in [0.15, 0.2) is 24.3 Å². The van der Waals surface area contributed by atoms with Gasteiger partial charge < -0.3 is 14.8 Å². The summed E-state index contributed by atoms with van der Waals surface area (Å²) in [6.45, 7) is 6.47. The summed E-state index contributed by atoms with van der Waals surface area (Å²) < 4.78 is 10.3. The number of carbonyl (C=O) groups excluding carboxylic acids is 2. The number of nitrogens with one attached hydrogen (secondary N) is 1. The first-order valence-electron chi connectivity index (χ1n) is 8.18. The zero-order chi connectivity index (χ0) is 17.9. The Morgan fingerprint density at radius 3 is 2.46 bits per heavy atom. The second-order valence-corrected chi connectivity index (χ2v) is 6.47. The molecule has 24 heavy (non-hydrogen) atoms. The largest absolute Gasteiger partial charge is 0.454 e. The van der Waals surface area contributed by atoms with Gasteiger partial charge in [0.2, 0.25) is 0 Å². The van der Waals surface area contributed by atoms with Crippen LogP contribution in [-0.2, 0) is 25.5 Å². The van der Waals surface area contributed by atoms with Gasteiger partial charge in [-0.1, -0.05) is 37.6 Å². The van der Waals surface area contributed by atoms with Gasteiger partial charge in [0.05, 0.1) is 0 Å². The molecule has 0 heterocycles.